The Balaban J connectivity index is 1.29. The number of likely N-dealkylation sites (tertiary alicyclic amines) is 1. The van der Waals surface area contributed by atoms with E-state index in [4.69, 9.17) is 0 Å². The molecule has 2 fully saturated rings. The molecular formula is C30H24F5N5O2. The number of amides is 1. The summed E-state index contributed by atoms with van der Waals surface area (Å²) >= 11 is 0. The molecule has 2 aromatic heterocycles. The molecule has 6 rings (SSSR count). The summed E-state index contributed by atoms with van der Waals surface area (Å²) in [5.74, 6) is -2.19. The second-order valence-electron chi connectivity index (χ2n) is 10.4. The Morgan fingerprint density at radius 2 is 1.62 bits per heavy atom. The Hall–Kier alpha value is -4.61. The molecule has 1 spiro atoms. The Kier molecular flexibility index (Phi) is 6.78. The Labute approximate surface area is 237 Å². The van der Waals surface area contributed by atoms with Crippen LogP contribution < -0.4 is 4.90 Å². The van der Waals surface area contributed by atoms with Gasteiger partial charge in [-0.1, -0.05) is 0 Å². The van der Waals surface area contributed by atoms with Crippen LogP contribution in [0.3, 0.4) is 0 Å². The number of ketones is 1. The summed E-state index contributed by atoms with van der Waals surface area (Å²) in [4.78, 5) is 34.3. The Morgan fingerprint density at radius 1 is 0.905 bits per heavy atom. The largest absolute Gasteiger partial charge is 0.419 e. The number of alkyl halides is 3. The van der Waals surface area contributed by atoms with Gasteiger partial charge < -0.3 is 9.80 Å². The molecule has 2 aliphatic heterocycles. The van der Waals surface area contributed by atoms with Gasteiger partial charge in [-0.25, -0.2) is 13.5 Å². The Morgan fingerprint density at radius 3 is 2.26 bits per heavy atom. The number of piperidine rings is 1. The van der Waals surface area contributed by atoms with E-state index in [9.17, 15) is 31.5 Å². The van der Waals surface area contributed by atoms with Gasteiger partial charge in [-0.2, -0.15) is 18.3 Å². The third-order valence-electron chi connectivity index (χ3n) is 8.00. The number of Topliss-reactive ketones (excluding diaryl/α,β-unsaturated/α-hetero) is 1. The second-order valence-corrected chi connectivity index (χ2v) is 10.4. The molecule has 0 unspecified atom stereocenters. The first-order valence-corrected chi connectivity index (χ1v) is 13.3. The van der Waals surface area contributed by atoms with Crippen molar-refractivity contribution in [3.05, 3.63) is 95.9 Å². The number of nitrogens with zero attached hydrogens (tertiary/aromatic N) is 5. The predicted octanol–water partition coefficient (Wildman–Crippen LogP) is 5.69. The lowest BCUT2D eigenvalue weighted by Crippen LogP contribution is -2.56. The minimum Gasteiger partial charge on any atom is -0.358 e. The lowest BCUT2D eigenvalue weighted by molar-refractivity contribution is -0.140. The molecule has 0 aliphatic carbocycles. The van der Waals surface area contributed by atoms with Crippen LogP contribution in [-0.4, -0.2) is 56.5 Å². The van der Waals surface area contributed by atoms with Crippen molar-refractivity contribution in [2.24, 2.45) is 0 Å². The lowest BCUT2D eigenvalue weighted by Gasteiger charge is -2.44. The number of halogens is 5. The van der Waals surface area contributed by atoms with Crippen molar-refractivity contribution in [1.29, 1.82) is 0 Å². The number of hydrogen-bond donors (Lipinski definition) is 0. The van der Waals surface area contributed by atoms with Crippen LogP contribution in [-0.2, 0) is 11.0 Å². The van der Waals surface area contributed by atoms with Crippen LogP contribution in [0.5, 0.6) is 0 Å². The maximum absolute atomic E-state index is 14.5. The molecule has 1 amide bonds. The van der Waals surface area contributed by atoms with Gasteiger partial charge in [-0.15, -0.1) is 0 Å². The van der Waals surface area contributed by atoms with Gasteiger partial charge in [0.25, 0.3) is 5.91 Å². The van der Waals surface area contributed by atoms with E-state index in [0.717, 1.165) is 17.8 Å². The monoisotopic (exact) mass is 581 g/mol. The van der Waals surface area contributed by atoms with Crippen molar-refractivity contribution in [3.8, 4) is 16.9 Å². The maximum atomic E-state index is 14.5. The van der Waals surface area contributed by atoms with E-state index in [1.54, 1.807) is 29.2 Å². The average molecular weight is 582 g/mol. The van der Waals surface area contributed by atoms with Crippen molar-refractivity contribution in [3.63, 3.8) is 0 Å². The second kappa shape index (κ2) is 10.3. The lowest BCUT2D eigenvalue weighted by atomic mass is 9.83. The quantitative estimate of drug-likeness (QED) is 0.290. The fraction of sp³-hybridized carbons (Fsp3) is 0.267. The van der Waals surface area contributed by atoms with Gasteiger partial charge in [0.2, 0.25) is 0 Å². The Bertz CT molecular complexity index is 1650. The molecule has 0 bridgehead atoms. The third-order valence-corrected chi connectivity index (χ3v) is 8.00. The number of aromatic nitrogens is 3. The van der Waals surface area contributed by atoms with E-state index in [2.05, 4.69) is 10.1 Å². The summed E-state index contributed by atoms with van der Waals surface area (Å²) in [5, 5.41) is 4.38. The number of benzene rings is 2. The zero-order valence-corrected chi connectivity index (χ0v) is 22.1. The number of hydrogen-bond acceptors (Lipinski definition) is 5. The average Bonchev–Trinajstić information content (AvgIpc) is 3.56. The molecule has 0 saturated carbocycles. The minimum absolute atomic E-state index is 0.00231. The predicted molar refractivity (Wildman–Crippen MR) is 143 cm³/mol. The van der Waals surface area contributed by atoms with Crippen molar-refractivity contribution < 1.29 is 31.5 Å². The topological polar surface area (TPSA) is 71.3 Å². The molecule has 4 heterocycles. The van der Waals surface area contributed by atoms with Crippen LogP contribution in [0.4, 0.5) is 27.6 Å². The first kappa shape index (κ1) is 27.6. The number of anilines is 1. The molecule has 2 aliphatic rings. The zero-order chi connectivity index (χ0) is 29.6. The van der Waals surface area contributed by atoms with Crippen LogP contribution in [0.15, 0.2) is 73.1 Å². The normalized spacial score (nSPS) is 16.8. The third kappa shape index (κ3) is 4.80. The van der Waals surface area contributed by atoms with Crippen LogP contribution in [0.1, 0.15) is 35.3 Å². The van der Waals surface area contributed by atoms with Crippen LogP contribution in [0, 0.1) is 11.6 Å². The molecule has 12 heteroatoms. The summed E-state index contributed by atoms with van der Waals surface area (Å²) in [6, 6.07) is 13.3. The first-order chi connectivity index (χ1) is 20.1. The number of carbonyl (C=O) groups is 2. The first-order valence-electron chi connectivity index (χ1n) is 13.3. The molecule has 7 nitrogen and oxygen atoms in total. The molecule has 2 saturated heterocycles. The molecule has 0 radical (unpaired) electrons. The van der Waals surface area contributed by atoms with Crippen LogP contribution >= 0.6 is 0 Å². The number of pyridine rings is 1. The summed E-state index contributed by atoms with van der Waals surface area (Å²) in [6.07, 6.45) is -0.725. The molecule has 4 aromatic rings. The smallest absolute Gasteiger partial charge is 0.358 e. The van der Waals surface area contributed by atoms with E-state index >= 15 is 0 Å². The highest BCUT2D eigenvalue weighted by molar-refractivity contribution is 5.97. The maximum Gasteiger partial charge on any atom is 0.419 e. The molecule has 2 aromatic carbocycles. The van der Waals surface area contributed by atoms with Crippen LogP contribution in [0.2, 0.25) is 0 Å². The van der Waals surface area contributed by atoms with Crippen molar-refractivity contribution in [2.45, 2.75) is 31.0 Å². The van der Waals surface area contributed by atoms with Crippen LogP contribution in [0.25, 0.3) is 16.9 Å². The van der Waals surface area contributed by atoms with E-state index < -0.39 is 29.0 Å². The summed E-state index contributed by atoms with van der Waals surface area (Å²) < 4.78 is 68.7. The van der Waals surface area contributed by atoms with E-state index in [1.807, 2.05) is 4.90 Å². The van der Waals surface area contributed by atoms with Crippen molar-refractivity contribution in [2.75, 3.05) is 24.5 Å². The SMILES string of the molecule is O=C(c1cc(-c2cccnc2)n(-c2ccc(C(F)(F)F)c(F)c2)n1)N1CCC2(CC1)C(=O)CCN2c1ccc(F)cc1. The van der Waals surface area contributed by atoms with Crippen molar-refractivity contribution >= 4 is 17.4 Å². The number of carbonyl (C=O) groups excluding carboxylic acids is 2. The van der Waals surface area contributed by atoms with Gasteiger partial charge >= 0.3 is 6.18 Å². The molecule has 42 heavy (non-hydrogen) atoms. The van der Waals surface area contributed by atoms with E-state index in [-0.39, 0.29) is 36.1 Å². The standard InChI is InChI=1S/C30H24F5N5O2/c31-20-3-5-21(6-4-20)39-13-9-27(41)29(39)10-14-38(15-11-29)28(42)25-17-26(19-2-1-12-36-18-19)40(37-25)22-7-8-23(24(32)16-22)30(33,34)35/h1-8,12,16-18H,9-11,13-15H2. The highest BCUT2D eigenvalue weighted by Crippen LogP contribution is 2.40. The van der Waals surface area contributed by atoms with Gasteiger partial charge in [0.05, 0.1) is 16.9 Å². The zero-order valence-electron chi connectivity index (χ0n) is 22.1. The van der Waals surface area contributed by atoms with Gasteiger partial charge in [0.1, 0.15) is 17.2 Å². The van der Waals surface area contributed by atoms with Gasteiger partial charge in [-0.3, -0.25) is 14.6 Å². The molecule has 0 N–H and O–H groups in total. The van der Waals surface area contributed by atoms with Gasteiger partial charge in [0.15, 0.2) is 11.5 Å². The fourth-order valence-corrected chi connectivity index (χ4v) is 5.87. The summed E-state index contributed by atoms with van der Waals surface area (Å²) in [5.41, 5.74) is -0.588. The molecular weight excluding hydrogens is 557 g/mol. The highest BCUT2D eigenvalue weighted by atomic mass is 19.4. The van der Waals surface area contributed by atoms with Crippen molar-refractivity contribution in [1.82, 2.24) is 19.7 Å². The highest BCUT2D eigenvalue weighted by Gasteiger charge is 2.50. The summed E-state index contributed by atoms with van der Waals surface area (Å²) in [7, 11) is 0. The van der Waals surface area contributed by atoms with Gasteiger partial charge in [-0.05, 0) is 67.4 Å². The molecule has 216 valence electrons. The molecule has 0 atom stereocenters. The van der Waals surface area contributed by atoms with E-state index in [0.29, 0.717) is 43.1 Å². The van der Waals surface area contributed by atoms with E-state index in [1.165, 1.54) is 35.3 Å². The van der Waals surface area contributed by atoms with Gasteiger partial charge in [0, 0.05) is 55.8 Å². The number of rotatable bonds is 4. The fourth-order valence-electron chi connectivity index (χ4n) is 5.87. The summed E-state index contributed by atoms with van der Waals surface area (Å²) in [6.45, 7) is 1.01. The minimum atomic E-state index is -4.86.